The Morgan fingerprint density at radius 3 is 2.56 bits per heavy atom. The molecule has 2 bridgehead atoms. The molecule has 41 heavy (non-hydrogen) atoms. The van der Waals surface area contributed by atoms with Crippen molar-refractivity contribution in [2.75, 3.05) is 37.6 Å². The van der Waals surface area contributed by atoms with Crippen molar-refractivity contribution in [1.82, 2.24) is 24.8 Å². The van der Waals surface area contributed by atoms with Crippen molar-refractivity contribution in [3.63, 3.8) is 0 Å². The molecule has 13 heteroatoms. The molecule has 7 rings (SSSR count). The molecule has 218 valence electrons. The van der Waals surface area contributed by atoms with E-state index in [-0.39, 0.29) is 23.6 Å². The van der Waals surface area contributed by atoms with Gasteiger partial charge in [0.05, 0.1) is 29.9 Å². The van der Waals surface area contributed by atoms with Crippen LogP contribution >= 0.6 is 11.6 Å². The van der Waals surface area contributed by atoms with Crippen LogP contribution in [0.4, 0.5) is 19.0 Å². The van der Waals surface area contributed by atoms with Gasteiger partial charge in [0, 0.05) is 37.4 Å². The number of pyridine rings is 1. The number of aromatic hydroxyl groups is 1. The Morgan fingerprint density at radius 1 is 1.17 bits per heavy atom. The molecule has 9 nitrogen and oxygen atoms in total. The fraction of sp³-hybridized carbons (Fsp3) is 0.536. The molecule has 0 spiro atoms. The van der Waals surface area contributed by atoms with Gasteiger partial charge in [0.25, 0.3) is 5.56 Å². The largest absolute Gasteiger partial charge is 0.508 e. The molecule has 0 aliphatic carbocycles. The number of nitrogens with one attached hydrogen (secondary N) is 1. The average Bonchev–Trinajstić information content (AvgIpc) is 3.62. The minimum absolute atomic E-state index is 0.202. The Labute approximate surface area is 241 Å². The summed E-state index contributed by atoms with van der Waals surface area (Å²) in [6, 6.07) is 3.09. The number of aromatic nitrogens is 3. The lowest BCUT2D eigenvalue weighted by atomic mass is 9.95. The molecule has 4 fully saturated rings. The molecule has 0 unspecified atom stereocenters. The van der Waals surface area contributed by atoms with Crippen LogP contribution in [-0.4, -0.2) is 74.9 Å². The lowest BCUT2D eigenvalue weighted by Gasteiger charge is -2.34. The van der Waals surface area contributed by atoms with E-state index in [0.717, 1.165) is 55.5 Å². The van der Waals surface area contributed by atoms with Crippen molar-refractivity contribution in [1.29, 1.82) is 0 Å². The highest BCUT2D eigenvalue weighted by atomic mass is 35.5. The number of halogens is 4. The second-order valence-corrected chi connectivity index (χ2v) is 11.8. The van der Waals surface area contributed by atoms with Gasteiger partial charge in [-0.05, 0) is 63.7 Å². The quantitative estimate of drug-likeness (QED) is 0.457. The van der Waals surface area contributed by atoms with E-state index in [1.54, 1.807) is 0 Å². The standard InChI is InChI=1S/C28H30ClF3N6O3/c29-20-11-18(39)12-21(22(20)28(30,31)32)38-10-5-19-23(25(38)40)34-26(41-15-27-6-1-8-37(27)9-2-7-27)35-24(19)36-13-16-3-4-17(14-36)33-16/h5,10-12,16-17,33,39H,1-4,6-9,13-15H2/t16-,17+/i15D2. The van der Waals surface area contributed by atoms with Crippen LogP contribution in [0.15, 0.2) is 29.2 Å². The lowest BCUT2D eigenvalue weighted by Crippen LogP contribution is -2.51. The highest BCUT2D eigenvalue weighted by Crippen LogP contribution is 2.42. The summed E-state index contributed by atoms with van der Waals surface area (Å²) >= 11 is 5.90. The third-order valence-corrected chi connectivity index (χ3v) is 9.10. The van der Waals surface area contributed by atoms with Crippen LogP contribution in [0.5, 0.6) is 11.8 Å². The Bertz CT molecular complexity index is 1650. The number of phenolic OH excluding ortho intramolecular Hbond substituents is 1. The number of phenols is 1. The fourth-order valence-corrected chi connectivity index (χ4v) is 7.31. The van der Waals surface area contributed by atoms with E-state index in [4.69, 9.17) is 19.1 Å². The van der Waals surface area contributed by atoms with Gasteiger partial charge >= 0.3 is 12.2 Å². The first-order valence-corrected chi connectivity index (χ1v) is 14.2. The van der Waals surface area contributed by atoms with Crippen molar-refractivity contribution in [3.05, 3.63) is 45.3 Å². The molecule has 0 amide bonds. The van der Waals surface area contributed by atoms with Crippen LogP contribution in [0.3, 0.4) is 0 Å². The SMILES string of the molecule is [2H]C([2H])(Oc1nc(N2C[C@H]3CC[C@@H](C2)N3)c2ccn(-c3cc(O)cc(Cl)c3C(F)(F)F)c(=O)c2n1)C12CCCN1CCC2. The van der Waals surface area contributed by atoms with Crippen molar-refractivity contribution in [3.8, 4) is 17.4 Å². The minimum Gasteiger partial charge on any atom is -0.508 e. The molecule has 6 heterocycles. The number of hydrogen-bond acceptors (Lipinski definition) is 8. The Balaban J connectivity index is 1.40. The molecular weight excluding hydrogens is 561 g/mol. The number of fused-ring (bicyclic) bond motifs is 4. The summed E-state index contributed by atoms with van der Waals surface area (Å²) in [5, 5.41) is 13.2. The highest BCUT2D eigenvalue weighted by Gasteiger charge is 2.45. The number of benzene rings is 1. The summed E-state index contributed by atoms with van der Waals surface area (Å²) in [6.45, 7) is 0.486. The van der Waals surface area contributed by atoms with Crippen molar-refractivity contribution in [2.45, 2.75) is 62.3 Å². The van der Waals surface area contributed by atoms with Gasteiger partial charge in [-0.2, -0.15) is 23.1 Å². The number of nitrogens with zero attached hydrogens (tertiary/aromatic N) is 5. The van der Waals surface area contributed by atoms with E-state index >= 15 is 0 Å². The smallest absolute Gasteiger partial charge is 0.419 e. The van der Waals surface area contributed by atoms with Gasteiger partial charge in [0.1, 0.15) is 23.6 Å². The topological polar surface area (TPSA) is 95.8 Å². The molecule has 1 aromatic carbocycles. The van der Waals surface area contributed by atoms with Crippen molar-refractivity contribution < 1.29 is 25.8 Å². The number of alkyl halides is 3. The molecule has 4 saturated heterocycles. The highest BCUT2D eigenvalue weighted by molar-refractivity contribution is 6.31. The van der Waals surface area contributed by atoms with Crippen LogP contribution in [0.1, 0.15) is 46.8 Å². The van der Waals surface area contributed by atoms with Gasteiger partial charge in [-0.3, -0.25) is 14.3 Å². The third kappa shape index (κ3) is 4.60. The maximum Gasteiger partial charge on any atom is 0.419 e. The van der Waals surface area contributed by atoms with E-state index in [9.17, 15) is 23.1 Å². The van der Waals surface area contributed by atoms with Crippen LogP contribution in [0.25, 0.3) is 16.6 Å². The summed E-state index contributed by atoms with van der Waals surface area (Å²) in [7, 11) is 0. The fourth-order valence-electron chi connectivity index (χ4n) is 6.99. The zero-order valence-corrected chi connectivity index (χ0v) is 22.8. The van der Waals surface area contributed by atoms with Crippen LogP contribution in [-0.2, 0) is 6.18 Å². The summed E-state index contributed by atoms with van der Waals surface area (Å²) in [4.78, 5) is 27.0. The predicted molar refractivity (Wildman–Crippen MR) is 147 cm³/mol. The molecule has 3 aromatic rings. The van der Waals surface area contributed by atoms with Crippen molar-refractivity contribution in [2.24, 2.45) is 0 Å². The van der Waals surface area contributed by atoms with Gasteiger partial charge < -0.3 is 20.1 Å². The summed E-state index contributed by atoms with van der Waals surface area (Å²) in [6.07, 6.45) is 1.06. The van der Waals surface area contributed by atoms with Crippen LogP contribution in [0.2, 0.25) is 5.02 Å². The molecular formula is C28H30ClF3N6O3. The summed E-state index contributed by atoms with van der Waals surface area (Å²) in [5.74, 6) is -0.190. The van der Waals surface area contributed by atoms with Crippen molar-refractivity contribution >= 4 is 28.3 Å². The van der Waals surface area contributed by atoms with E-state index in [1.165, 1.54) is 12.3 Å². The van der Waals surface area contributed by atoms with E-state index in [2.05, 4.69) is 20.2 Å². The Kier molecular flexibility index (Phi) is 5.82. The molecule has 2 N–H and O–H groups in total. The molecule has 2 aromatic heterocycles. The van der Waals surface area contributed by atoms with E-state index in [0.29, 0.717) is 37.1 Å². The molecule has 4 aliphatic heterocycles. The maximum absolute atomic E-state index is 14.1. The van der Waals surface area contributed by atoms with E-state index in [1.807, 2.05) is 4.90 Å². The monoisotopic (exact) mass is 592 g/mol. The second kappa shape index (κ2) is 9.74. The molecule has 0 saturated carbocycles. The number of rotatable bonds is 5. The minimum atomic E-state index is -4.93. The first-order chi connectivity index (χ1) is 20.4. The number of ether oxygens (including phenoxy) is 1. The number of piperazine rings is 1. The normalized spacial score (nSPS) is 24.9. The third-order valence-electron chi connectivity index (χ3n) is 8.80. The lowest BCUT2D eigenvalue weighted by molar-refractivity contribution is -0.137. The molecule has 2 atom stereocenters. The van der Waals surface area contributed by atoms with E-state index < -0.39 is 45.9 Å². The summed E-state index contributed by atoms with van der Waals surface area (Å²) in [5.41, 5.74) is -3.94. The van der Waals surface area contributed by atoms with Gasteiger partial charge in [-0.25, -0.2) is 0 Å². The van der Waals surface area contributed by atoms with Crippen LogP contribution < -0.4 is 20.5 Å². The predicted octanol–water partition coefficient (Wildman–Crippen LogP) is 4.11. The van der Waals surface area contributed by atoms with Gasteiger partial charge in [0.2, 0.25) is 0 Å². The molecule has 0 radical (unpaired) electrons. The number of hydrogen-bond donors (Lipinski definition) is 2. The maximum atomic E-state index is 14.1. The zero-order valence-electron chi connectivity index (χ0n) is 24.0. The first-order valence-electron chi connectivity index (χ1n) is 14.8. The second-order valence-electron chi connectivity index (χ2n) is 11.4. The Morgan fingerprint density at radius 2 is 1.88 bits per heavy atom. The Hall–Kier alpha value is -3.09. The van der Waals surface area contributed by atoms with Gasteiger partial charge in [-0.1, -0.05) is 11.6 Å². The van der Waals surface area contributed by atoms with Crippen LogP contribution in [0, 0.1) is 0 Å². The van der Waals surface area contributed by atoms with Gasteiger partial charge in [-0.15, -0.1) is 0 Å². The molecule has 4 aliphatic rings. The number of anilines is 1. The average molecular weight is 593 g/mol. The summed E-state index contributed by atoms with van der Waals surface area (Å²) < 4.78 is 66.9. The van der Waals surface area contributed by atoms with Gasteiger partial charge in [0.15, 0.2) is 0 Å². The zero-order chi connectivity index (χ0) is 30.3. The first kappa shape index (κ1) is 24.5.